The second-order valence-electron chi connectivity index (χ2n) is 4.18. The predicted molar refractivity (Wildman–Crippen MR) is 44.4 cm³/mol. The van der Waals surface area contributed by atoms with Gasteiger partial charge in [-0.15, -0.1) is 0 Å². The van der Waals surface area contributed by atoms with Crippen LogP contribution in [0, 0.1) is 0 Å². The molecule has 0 nitrogen and oxygen atoms in total. The largest absolute Gasteiger partial charge is 1.00 e. The molecule has 0 spiro atoms. The zero-order valence-corrected chi connectivity index (χ0v) is 9.81. The Balaban J connectivity index is 0. The topological polar surface area (TPSA) is 0 Å². The average Bonchev–Trinajstić information content (AvgIpc) is 1.25. The quantitative estimate of drug-likeness (QED) is 0.484. The lowest BCUT2D eigenvalue weighted by Gasteiger charge is -2.27. The molecule has 0 radical (unpaired) electrons. The van der Waals surface area contributed by atoms with Gasteiger partial charge in [-0.05, 0) is 20.8 Å². The van der Waals surface area contributed by atoms with Crippen LogP contribution < -0.4 is 17.0 Å². The predicted octanol–water partition coefficient (Wildman–Crippen LogP) is -0.304. The summed E-state index contributed by atoms with van der Waals surface area (Å²) >= 11 is 0. The van der Waals surface area contributed by atoms with Crippen LogP contribution in [0.3, 0.4) is 0 Å². The van der Waals surface area contributed by atoms with Crippen molar-refractivity contribution >= 4 is 7.26 Å². The van der Waals surface area contributed by atoms with Crippen molar-refractivity contribution in [2.24, 2.45) is 0 Å². The van der Waals surface area contributed by atoms with E-state index in [2.05, 4.69) is 40.8 Å². The molecule has 0 heterocycles. The third-order valence-corrected chi connectivity index (χ3v) is 6.04. The Morgan fingerprint density at radius 2 is 1.00 bits per heavy atom. The number of hydrogen-bond acceptors (Lipinski definition) is 0. The Bertz CT molecular complexity index is 63.9. The number of hydrogen-bond donors (Lipinski definition) is 0. The molecule has 9 heavy (non-hydrogen) atoms. The summed E-state index contributed by atoms with van der Waals surface area (Å²) in [4.78, 5) is 0. The van der Waals surface area contributed by atoms with Gasteiger partial charge in [0.05, 0.1) is 5.16 Å². The molecule has 0 aromatic carbocycles. The van der Waals surface area contributed by atoms with Crippen LogP contribution in [0.4, 0.5) is 0 Å². The Kier molecular flexibility index (Phi) is 4.67. The lowest BCUT2D eigenvalue weighted by molar-refractivity contribution is -0.00000231. The fraction of sp³-hybridized carbons (Fsp3) is 1.00. The van der Waals surface area contributed by atoms with Gasteiger partial charge in [0.2, 0.25) is 0 Å². The van der Waals surface area contributed by atoms with E-state index in [4.69, 9.17) is 0 Å². The van der Waals surface area contributed by atoms with Crippen LogP contribution in [-0.4, -0.2) is 25.2 Å². The molecule has 0 aliphatic carbocycles. The zero-order valence-electron chi connectivity index (χ0n) is 7.33. The smallest absolute Gasteiger partial charge is 0.0707 e. The van der Waals surface area contributed by atoms with Gasteiger partial charge in [0.15, 0.2) is 0 Å². The third-order valence-electron chi connectivity index (χ3n) is 2.01. The van der Waals surface area contributed by atoms with Crippen LogP contribution in [0.2, 0.25) is 0 Å². The molecule has 0 atom stereocenters. The lowest BCUT2D eigenvalue weighted by Crippen LogP contribution is -3.00. The molecule has 0 rings (SSSR count). The van der Waals surface area contributed by atoms with Crippen molar-refractivity contribution in [2.45, 2.75) is 25.9 Å². The molecule has 0 aliphatic rings. The van der Waals surface area contributed by atoms with E-state index in [0.717, 1.165) is 0 Å². The van der Waals surface area contributed by atoms with Crippen molar-refractivity contribution in [3.05, 3.63) is 0 Å². The van der Waals surface area contributed by atoms with Crippen molar-refractivity contribution in [3.8, 4) is 0 Å². The summed E-state index contributed by atoms with van der Waals surface area (Å²) in [6.45, 7) is 14.1. The molecule has 0 bridgehead atoms. The third kappa shape index (κ3) is 4.33. The first-order valence-corrected chi connectivity index (χ1v) is 6.20. The summed E-state index contributed by atoms with van der Waals surface area (Å²) < 4.78 is 0. The van der Waals surface area contributed by atoms with Gasteiger partial charge < -0.3 is 17.0 Å². The van der Waals surface area contributed by atoms with Gasteiger partial charge >= 0.3 is 0 Å². The number of halogens is 1. The molecule has 58 valence electrons. The molecule has 0 aliphatic heterocycles. The Labute approximate surface area is 70.5 Å². The second kappa shape index (κ2) is 3.34. The van der Waals surface area contributed by atoms with Gasteiger partial charge in [0, 0.05) is 27.3 Å². The van der Waals surface area contributed by atoms with E-state index < -0.39 is 7.26 Å². The Morgan fingerprint density at radius 3 is 1.00 bits per heavy atom. The van der Waals surface area contributed by atoms with E-state index in [1.165, 1.54) is 0 Å². The average molecular weight is 213 g/mol. The van der Waals surface area contributed by atoms with Crippen molar-refractivity contribution < 1.29 is 17.0 Å². The maximum absolute atomic E-state index is 2.38. The highest BCUT2D eigenvalue weighted by molar-refractivity contribution is 7.75. The molecule has 0 unspecified atom stereocenters. The van der Waals surface area contributed by atoms with E-state index >= 15 is 0 Å². The lowest BCUT2D eigenvalue weighted by atomic mass is 10.3. The minimum atomic E-state index is -0.600. The molecular formula is C7H18BrP. The molecule has 0 saturated carbocycles. The van der Waals surface area contributed by atoms with Gasteiger partial charge in [-0.2, -0.15) is 0 Å². The molecular weight excluding hydrogens is 195 g/mol. The van der Waals surface area contributed by atoms with Crippen molar-refractivity contribution in [1.82, 2.24) is 0 Å². The molecule has 0 saturated heterocycles. The highest BCUT2D eigenvalue weighted by atomic mass is 79.9. The van der Waals surface area contributed by atoms with Crippen molar-refractivity contribution in [3.63, 3.8) is 0 Å². The first kappa shape index (κ1) is 12.6. The first-order chi connectivity index (χ1) is 3.25. The molecule has 0 amide bonds. The summed E-state index contributed by atoms with van der Waals surface area (Å²) in [5.41, 5.74) is 0. The van der Waals surface area contributed by atoms with Crippen LogP contribution in [0.1, 0.15) is 20.8 Å². The summed E-state index contributed by atoms with van der Waals surface area (Å²) in [6.07, 6.45) is 0. The van der Waals surface area contributed by atoms with Gasteiger partial charge in [-0.3, -0.25) is 0 Å². The molecule has 0 fully saturated rings. The standard InChI is InChI=1S/C7H18P.BrH/c1-7(2,3)8(4,5)6;/h1-6H3;1H/q+1;/p-1. The highest BCUT2D eigenvalue weighted by Crippen LogP contribution is 2.58. The normalized spacial score (nSPS) is 12.7. The van der Waals surface area contributed by atoms with Crippen molar-refractivity contribution in [1.29, 1.82) is 0 Å². The minimum Gasteiger partial charge on any atom is -1.00 e. The fourth-order valence-electron chi connectivity index (χ4n) is 0. The maximum Gasteiger partial charge on any atom is 0.0707 e. The molecule has 0 N–H and O–H groups in total. The van der Waals surface area contributed by atoms with Gasteiger partial charge in [0.1, 0.15) is 0 Å². The highest BCUT2D eigenvalue weighted by Gasteiger charge is 2.34. The van der Waals surface area contributed by atoms with Gasteiger partial charge in [-0.25, -0.2) is 0 Å². The van der Waals surface area contributed by atoms with Crippen LogP contribution in [0.25, 0.3) is 0 Å². The zero-order chi connectivity index (χ0) is 7.00. The minimum absolute atomic E-state index is 0. The Hall–Kier alpha value is 0.910. The van der Waals surface area contributed by atoms with Crippen LogP contribution in [0.5, 0.6) is 0 Å². The van der Waals surface area contributed by atoms with E-state index in [-0.39, 0.29) is 17.0 Å². The Morgan fingerprint density at radius 1 is 0.889 bits per heavy atom. The number of rotatable bonds is 0. The van der Waals surface area contributed by atoms with E-state index in [1.807, 2.05) is 0 Å². The summed E-state index contributed by atoms with van der Waals surface area (Å²) in [6, 6.07) is 0. The SMILES string of the molecule is CC(C)(C)[P+](C)(C)C.[Br-]. The monoisotopic (exact) mass is 212 g/mol. The van der Waals surface area contributed by atoms with E-state index in [1.54, 1.807) is 0 Å². The van der Waals surface area contributed by atoms with Crippen molar-refractivity contribution in [2.75, 3.05) is 20.0 Å². The summed E-state index contributed by atoms with van der Waals surface area (Å²) in [5.74, 6) is 0. The van der Waals surface area contributed by atoms with Crippen LogP contribution in [-0.2, 0) is 0 Å². The van der Waals surface area contributed by atoms with Gasteiger partial charge in [-0.1, -0.05) is 0 Å². The summed E-state index contributed by atoms with van der Waals surface area (Å²) in [7, 11) is -0.600. The second-order valence-corrected chi connectivity index (χ2v) is 9.55. The van der Waals surface area contributed by atoms with Crippen LogP contribution >= 0.6 is 7.26 Å². The van der Waals surface area contributed by atoms with Gasteiger partial charge in [0.25, 0.3) is 0 Å². The molecule has 0 aromatic heterocycles. The van der Waals surface area contributed by atoms with E-state index in [0.29, 0.717) is 5.16 Å². The first-order valence-electron chi connectivity index (χ1n) is 3.07. The van der Waals surface area contributed by atoms with Crippen LogP contribution in [0.15, 0.2) is 0 Å². The molecule has 2 heteroatoms. The molecule has 0 aromatic rings. The van der Waals surface area contributed by atoms with E-state index in [9.17, 15) is 0 Å². The maximum atomic E-state index is 2.38. The fourth-order valence-corrected chi connectivity index (χ4v) is 0. The summed E-state index contributed by atoms with van der Waals surface area (Å²) in [5, 5.41) is 0.549.